The van der Waals surface area contributed by atoms with Crippen LogP contribution in [0.5, 0.6) is 0 Å². The highest BCUT2D eigenvalue weighted by Gasteiger charge is 2.19. The van der Waals surface area contributed by atoms with Gasteiger partial charge in [0.2, 0.25) is 0 Å². The molecule has 1 aliphatic rings. The van der Waals surface area contributed by atoms with Gasteiger partial charge in [0.25, 0.3) is 0 Å². The van der Waals surface area contributed by atoms with Gasteiger partial charge >= 0.3 is 0 Å². The molecule has 0 saturated carbocycles. The summed E-state index contributed by atoms with van der Waals surface area (Å²) in [5.74, 6) is 0.664. The van der Waals surface area contributed by atoms with Crippen molar-refractivity contribution in [3.8, 4) is 0 Å². The smallest absolute Gasteiger partial charge is 0.0346 e. The Morgan fingerprint density at radius 3 is 3.05 bits per heavy atom. The van der Waals surface area contributed by atoms with Gasteiger partial charge in [-0.2, -0.15) is 0 Å². The minimum atomic E-state index is 0.664. The van der Waals surface area contributed by atoms with E-state index in [1.54, 1.807) is 0 Å². The molecule has 1 aromatic heterocycles. The Labute approximate surface area is 114 Å². The van der Waals surface area contributed by atoms with Crippen molar-refractivity contribution in [3.63, 3.8) is 0 Å². The van der Waals surface area contributed by atoms with E-state index in [0.717, 1.165) is 19.6 Å². The lowest BCUT2D eigenvalue weighted by molar-refractivity contribution is 0.171. The number of fused-ring (bicyclic) bond motifs is 1. The molecule has 3 nitrogen and oxygen atoms in total. The van der Waals surface area contributed by atoms with Crippen LogP contribution in [0.15, 0.2) is 36.7 Å². The molecule has 0 spiro atoms. The SMILES string of the molecule is NCC1CCCN(Cc2cncc3ccccc23)C1. The van der Waals surface area contributed by atoms with Crippen molar-refractivity contribution in [2.75, 3.05) is 19.6 Å². The number of hydrogen-bond acceptors (Lipinski definition) is 3. The van der Waals surface area contributed by atoms with Crippen molar-refractivity contribution in [3.05, 3.63) is 42.2 Å². The fraction of sp³-hybridized carbons (Fsp3) is 0.438. The molecular weight excluding hydrogens is 234 g/mol. The molecule has 100 valence electrons. The van der Waals surface area contributed by atoms with Gasteiger partial charge in [0.05, 0.1) is 0 Å². The molecule has 0 bridgehead atoms. The Balaban J connectivity index is 1.81. The maximum atomic E-state index is 5.81. The second-order valence-corrected chi connectivity index (χ2v) is 5.50. The molecule has 1 saturated heterocycles. The molecule has 0 aliphatic carbocycles. The first-order valence-corrected chi connectivity index (χ1v) is 7.11. The summed E-state index contributed by atoms with van der Waals surface area (Å²) < 4.78 is 0. The molecular formula is C16H21N3. The Morgan fingerprint density at radius 2 is 2.16 bits per heavy atom. The molecule has 1 unspecified atom stereocenters. The molecule has 2 heterocycles. The third-order valence-electron chi connectivity index (χ3n) is 4.08. The summed E-state index contributed by atoms with van der Waals surface area (Å²) in [6, 6.07) is 8.49. The fourth-order valence-electron chi connectivity index (χ4n) is 3.03. The largest absolute Gasteiger partial charge is 0.330 e. The van der Waals surface area contributed by atoms with E-state index in [9.17, 15) is 0 Å². The molecule has 0 radical (unpaired) electrons. The van der Waals surface area contributed by atoms with Gasteiger partial charge in [-0.15, -0.1) is 0 Å². The van der Waals surface area contributed by atoms with E-state index in [4.69, 9.17) is 5.73 Å². The van der Waals surface area contributed by atoms with Crippen molar-refractivity contribution in [2.45, 2.75) is 19.4 Å². The lowest BCUT2D eigenvalue weighted by atomic mass is 9.97. The molecule has 3 rings (SSSR count). The number of nitrogens with two attached hydrogens (primary N) is 1. The first kappa shape index (κ1) is 12.6. The van der Waals surface area contributed by atoms with Crippen LogP contribution >= 0.6 is 0 Å². The van der Waals surface area contributed by atoms with Crippen molar-refractivity contribution in [2.24, 2.45) is 11.7 Å². The highest BCUT2D eigenvalue weighted by Crippen LogP contribution is 2.22. The number of piperidine rings is 1. The number of pyridine rings is 1. The normalized spacial score (nSPS) is 20.8. The number of rotatable bonds is 3. The minimum absolute atomic E-state index is 0.664. The van der Waals surface area contributed by atoms with Gasteiger partial charge < -0.3 is 5.73 Å². The minimum Gasteiger partial charge on any atom is -0.330 e. The van der Waals surface area contributed by atoms with Crippen LogP contribution < -0.4 is 5.73 Å². The quantitative estimate of drug-likeness (QED) is 0.915. The standard InChI is InChI=1S/C16H21N3/c17-8-13-4-3-7-19(11-13)12-15-10-18-9-14-5-1-2-6-16(14)15/h1-2,5-6,9-10,13H,3-4,7-8,11-12,17H2. The lowest BCUT2D eigenvalue weighted by Crippen LogP contribution is -2.37. The average Bonchev–Trinajstić information content (AvgIpc) is 2.48. The van der Waals surface area contributed by atoms with Crippen LogP contribution in [0.1, 0.15) is 18.4 Å². The first-order valence-electron chi connectivity index (χ1n) is 7.11. The zero-order chi connectivity index (χ0) is 13.1. The number of aromatic nitrogens is 1. The third-order valence-corrected chi connectivity index (χ3v) is 4.08. The third kappa shape index (κ3) is 2.77. The number of hydrogen-bond donors (Lipinski definition) is 1. The number of nitrogens with zero attached hydrogens (tertiary/aromatic N) is 2. The Kier molecular flexibility index (Phi) is 3.76. The summed E-state index contributed by atoms with van der Waals surface area (Å²) in [6.07, 6.45) is 6.49. The van der Waals surface area contributed by atoms with E-state index in [1.807, 2.05) is 12.4 Å². The molecule has 19 heavy (non-hydrogen) atoms. The van der Waals surface area contributed by atoms with Crippen LogP contribution in [0.4, 0.5) is 0 Å². The predicted octanol–water partition coefficient (Wildman–Crippen LogP) is 2.41. The maximum Gasteiger partial charge on any atom is 0.0346 e. The summed E-state index contributed by atoms with van der Waals surface area (Å²) in [5, 5.41) is 2.56. The fourth-order valence-corrected chi connectivity index (χ4v) is 3.03. The van der Waals surface area contributed by atoms with Crippen molar-refractivity contribution < 1.29 is 0 Å². The van der Waals surface area contributed by atoms with E-state index in [2.05, 4.69) is 34.1 Å². The summed E-state index contributed by atoms with van der Waals surface area (Å²) in [5.41, 5.74) is 7.14. The molecule has 1 aromatic carbocycles. The Hall–Kier alpha value is -1.45. The van der Waals surface area contributed by atoms with Crippen LogP contribution in [0, 0.1) is 5.92 Å². The zero-order valence-corrected chi connectivity index (χ0v) is 11.3. The second kappa shape index (κ2) is 5.68. The van der Waals surface area contributed by atoms with Crippen molar-refractivity contribution in [1.82, 2.24) is 9.88 Å². The summed E-state index contributed by atoms with van der Waals surface area (Å²) in [7, 11) is 0. The van der Waals surface area contributed by atoms with E-state index >= 15 is 0 Å². The summed E-state index contributed by atoms with van der Waals surface area (Å²) >= 11 is 0. The monoisotopic (exact) mass is 255 g/mol. The zero-order valence-electron chi connectivity index (χ0n) is 11.3. The number of benzene rings is 1. The molecule has 0 amide bonds. The molecule has 1 aliphatic heterocycles. The highest BCUT2D eigenvalue weighted by molar-refractivity contribution is 5.84. The van der Waals surface area contributed by atoms with E-state index in [-0.39, 0.29) is 0 Å². The first-order chi connectivity index (χ1) is 9.36. The molecule has 1 atom stereocenters. The molecule has 2 N–H and O–H groups in total. The highest BCUT2D eigenvalue weighted by atomic mass is 15.1. The Bertz CT molecular complexity index is 547. The van der Waals surface area contributed by atoms with Gasteiger partial charge in [-0.25, -0.2) is 0 Å². The van der Waals surface area contributed by atoms with Gasteiger partial charge in [-0.1, -0.05) is 24.3 Å². The van der Waals surface area contributed by atoms with Gasteiger partial charge in [0.15, 0.2) is 0 Å². The van der Waals surface area contributed by atoms with Crippen molar-refractivity contribution >= 4 is 10.8 Å². The van der Waals surface area contributed by atoms with Gasteiger partial charge in [-0.3, -0.25) is 9.88 Å². The van der Waals surface area contributed by atoms with E-state index in [0.29, 0.717) is 5.92 Å². The average molecular weight is 255 g/mol. The van der Waals surface area contributed by atoms with E-state index in [1.165, 1.54) is 35.7 Å². The Morgan fingerprint density at radius 1 is 1.26 bits per heavy atom. The van der Waals surface area contributed by atoms with Crippen LogP contribution in [0.25, 0.3) is 10.8 Å². The van der Waals surface area contributed by atoms with Gasteiger partial charge in [-0.05, 0) is 42.8 Å². The maximum absolute atomic E-state index is 5.81. The lowest BCUT2D eigenvalue weighted by Gasteiger charge is -2.32. The van der Waals surface area contributed by atoms with Crippen LogP contribution in [-0.4, -0.2) is 29.5 Å². The topological polar surface area (TPSA) is 42.1 Å². The van der Waals surface area contributed by atoms with E-state index < -0.39 is 0 Å². The van der Waals surface area contributed by atoms with Crippen molar-refractivity contribution in [1.29, 1.82) is 0 Å². The number of likely N-dealkylation sites (tertiary alicyclic amines) is 1. The second-order valence-electron chi connectivity index (χ2n) is 5.50. The summed E-state index contributed by atoms with van der Waals surface area (Å²) in [6.45, 7) is 4.11. The van der Waals surface area contributed by atoms with Crippen LogP contribution in [-0.2, 0) is 6.54 Å². The molecule has 2 aromatic rings. The van der Waals surface area contributed by atoms with Crippen LogP contribution in [0.3, 0.4) is 0 Å². The van der Waals surface area contributed by atoms with Gasteiger partial charge in [0, 0.05) is 30.9 Å². The molecule has 3 heteroatoms. The predicted molar refractivity (Wildman–Crippen MR) is 78.8 cm³/mol. The van der Waals surface area contributed by atoms with Gasteiger partial charge in [0.1, 0.15) is 0 Å². The summed E-state index contributed by atoms with van der Waals surface area (Å²) in [4.78, 5) is 6.88. The molecule has 1 fully saturated rings. The van der Waals surface area contributed by atoms with Crippen LogP contribution in [0.2, 0.25) is 0 Å².